The molecule has 108 valence electrons. The van der Waals surface area contributed by atoms with Crippen LogP contribution < -0.4 is 4.90 Å². The lowest BCUT2D eigenvalue weighted by Gasteiger charge is -2.33. The highest BCUT2D eigenvalue weighted by molar-refractivity contribution is 5.65. The number of carboxylic acid groups (broad SMARTS) is 1. The molecular formula is C15H16N4O2. The standard InChI is InChI=1S/C15H16N4O2/c20-15(21)19-8-6-18(7-9-19)14-11-16-10-13(17-14)12-4-2-1-3-5-12/h1-5,10-11H,6-9H2,(H,20,21). The average molecular weight is 284 g/mol. The summed E-state index contributed by atoms with van der Waals surface area (Å²) in [7, 11) is 0. The van der Waals surface area contributed by atoms with Gasteiger partial charge < -0.3 is 14.9 Å². The summed E-state index contributed by atoms with van der Waals surface area (Å²) in [5.74, 6) is 0.793. The fourth-order valence-corrected chi connectivity index (χ4v) is 2.38. The van der Waals surface area contributed by atoms with Gasteiger partial charge in [-0.1, -0.05) is 30.3 Å². The molecule has 2 heterocycles. The second-order valence-corrected chi connectivity index (χ2v) is 4.89. The SMILES string of the molecule is O=C(O)N1CCN(c2cncc(-c3ccccc3)n2)CC1. The Morgan fingerprint density at radius 1 is 1.05 bits per heavy atom. The van der Waals surface area contributed by atoms with Gasteiger partial charge in [0.2, 0.25) is 0 Å². The Labute approximate surface area is 122 Å². The summed E-state index contributed by atoms with van der Waals surface area (Å²) in [6.45, 7) is 2.26. The molecule has 0 spiro atoms. The normalized spacial score (nSPS) is 15.0. The van der Waals surface area contributed by atoms with Crippen LogP contribution >= 0.6 is 0 Å². The van der Waals surface area contributed by atoms with Crippen molar-refractivity contribution >= 4 is 11.9 Å². The average Bonchev–Trinajstić information content (AvgIpc) is 2.56. The molecule has 1 aromatic carbocycles. The van der Waals surface area contributed by atoms with E-state index in [1.54, 1.807) is 12.4 Å². The summed E-state index contributed by atoms with van der Waals surface area (Å²) in [5.41, 5.74) is 1.85. The van der Waals surface area contributed by atoms with Crippen LogP contribution in [0.3, 0.4) is 0 Å². The minimum Gasteiger partial charge on any atom is -0.465 e. The van der Waals surface area contributed by atoms with E-state index >= 15 is 0 Å². The summed E-state index contributed by atoms with van der Waals surface area (Å²) in [6.07, 6.45) is 2.61. The first-order chi connectivity index (χ1) is 10.2. The van der Waals surface area contributed by atoms with Crippen LogP contribution in [0.1, 0.15) is 0 Å². The van der Waals surface area contributed by atoms with Gasteiger partial charge in [-0.25, -0.2) is 9.78 Å². The first kappa shape index (κ1) is 13.4. The van der Waals surface area contributed by atoms with E-state index in [0.717, 1.165) is 17.1 Å². The predicted octanol–water partition coefficient (Wildman–Crippen LogP) is 1.94. The van der Waals surface area contributed by atoms with E-state index in [4.69, 9.17) is 5.11 Å². The van der Waals surface area contributed by atoms with Crippen molar-refractivity contribution in [2.45, 2.75) is 0 Å². The molecule has 6 nitrogen and oxygen atoms in total. The fraction of sp³-hybridized carbons (Fsp3) is 0.267. The van der Waals surface area contributed by atoms with Crippen LogP contribution in [0.25, 0.3) is 11.3 Å². The van der Waals surface area contributed by atoms with E-state index in [2.05, 4.69) is 14.9 Å². The zero-order valence-electron chi connectivity index (χ0n) is 11.5. The number of rotatable bonds is 2. The largest absolute Gasteiger partial charge is 0.465 e. The highest BCUT2D eigenvalue weighted by Gasteiger charge is 2.21. The highest BCUT2D eigenvalue weighted by atomic mass is 16.4. The number of anilines is 1. The highest BCUT2D eigenvalue weighted by Crippen LogP contribution is 2.19. The molecule has 1 N–H and O–H groups in total. The van der Waals surface area contributed by atoms with Gasteiger partial charge in [-0.2, -0.15) is 0 Å². The van der Waals surface area contributed by atoms with E-state index in [9.17, 15) is 4.79 Å². The molecule has 1 aliphatic heterocycles. The summed E-state index contributed by atoms with van der Waals surface area (Å²) in [4.78, 5) is 23.3. The molecule has 2 aromatic rings. The minimum atomic E-state index is -0.862. The Balaban J connectivity index is 1.77. The second-order valence-electron chi connectivity index (χ2n) is 4.89. The van der Waals surface area contributed by atoms with E-state index in [-0.39, 0.29) is 0 Å². The third-order valence-electron chi connectivity index (χ3n) is 3.57. The first-order valence-electron chi connectivity index (χ1n) is 6.84. The lowest BCUT2D eigenvalue weighted by Crippen LogP contribution is -2.48. The number of hydrogen-bond acceptors (Lipinski definition) is 4. The molecule has 1 saturated heterocycles. The van der Waals surface area contributed by atoms with Crippen molar-refractivity contribution in [2.24, 2.45) is 0 Å². The molecule has 1 aliphatic rings. The third kappa shape index (κ3) is 2.94. The molecule has 0 saturated carbocycles. The van der Waals surface area contributed by atoms with Crippen LogP contribution in [0.4, 0.5) is 10.6 Å². The maximum atomic E-state index is 10.9. The third-order valence-corrected chi connectivity index (χ3v) is 3.57. The predicted molar refractivity (Wildman–Crippen MR) is 79.3 cm³/mol. The van der Waals surface area contributed by atoms with Crippen LogP contribution in [0, 0.1) is 0 Å². The molecule has 0 bridgehead atoms. The second kappa shape index (κ2) is 5.78. The van der Waals surface area contributed by atoms with Crippen LogP contribution in [0.15, 0.2) is 42.7 Å². The number of amides is 1. The van der Waals surface area contributed by atoms with E-state index in [1.807, 2.05) is 30.3 Å². The van der Waals surface area contributed by atoms with Gasteiger partial charge in [0.15, 0.2) is 0 Å². The molecule has 0 aliphatic carbocycles. The Kier molecular flexibility index (Phi) is 3.68. The summed E-state index contributed by atoms with van der Waals surface area (Å²) in [6, 6.07) is 9.89. The van der Waals surface area contributed by atoms with E-state index in [0.29, 0.717) is 26.2 Å². The number of carbonyl (C=O) groups is 1. The van der Waals surface area contributed by atoms with Crippen LogP contribution in [-0.2, 0) is 0 Å². The van der Waals surface area contributed by atoms with Crippen LogP contribution in [-0.4, -0.2) is 52.2 Å². The molecule has 1 fully saturated rings. The molecule has 0 radical (unpaired) electrons. The molecule has 0 atom stereocenters. The van der Waals surface area contributed by atoms with Gasteiger partial charge in [0.05, 0.1) is 18.1 Å². The fourth-order valence-electron chi connectivity index (χ4n) is 2.38. The Bertz CT molecular complexity index is 625. The van der Waals surface area contributed by atoms with Crippen LogP contribution in [0.5, 0.6) is 0 Å². The maximum Gasteiger partial charge on any atom is 0.407 e. The quantitative estimate of drug-likeness (QED) is 0.912. The van der Waals surface area contributed by atoms with Gasteiger partial charge in [-0.05, 0) is 0 Å². The number of benzene rings is 1. The minimum absolute atomic E-state index is 0.493. The Hall–Kier alpha value is -2.63. The monoisotopic (exact) mass is 284 g/mol. The Morgan fingerprint density at radius 2 is 1.76 bits per heavy atom. The van der Waals surface area contributed by atoms with Gasteiger partial charge in [-0.3, -0.25) is 4.98 Å². The van der Waals surface area contributed by atoms with E-state index < -0.39 is 6.09 Å². The van der Waals surface area contributed by atoms with Crippen molar-refractivity contribution < 1.29 is 9.90 Å². The topological polar surface area (TPSA) is 69.6 Å². The van der Waals surface area contributed by atoms with Crippen molar-refractivity contribution in [2.75, 3.05) is 31.1 Å². The van der Waals surface area contributed by atoms with Gasteiger partial charge in [0.1, 0.15) is 5.82 Å². The molecule has 6 heteroatoms. The zero-order chi connectivity index (χ0) is 14.7. The van der Waals surface area contributed by atoms with E-state index in [1.165, 1.54) is 4.90 Å². The van der Waals surface area contributed by atoms with Crippen molar-refractivity contribution in [3.05, 3.63) is 42.7 Å². The zero-order valence-corrected chi connectivity index (χ0v) is 11.5. The van der Waals surface area contributed by atoms with Crippen molar-refractivity contribution in [1.82, 2.24) is 14.9 Å². The van der Waals surface area contributed by atoms with Gasteiger partial charge >= 0.3 is 6.09 Å². The molecule has 1 aromatic heterocycles. The molecular weight excluding hydrogens is 268 g/mol. The summed E-state index contributed by atoms with van der Waals surface area (Å²) in [5, 5.41) is 8.97. The summed E-state index contributed by atoms with van der Waals surface area (Å²) < 4.78 is 0. The lowest BCUT2D eigenvalue weighted by atomic mass is 10.2. The van der Waals surface area contributed by atoms with Gasteiger partial charge in [0.25, 0.3) is 0 Å². The number of piperazine rings is 1. The molecule has 0 unspecified atom stereocenters. The first-order valence-corrected chi connectivity index (χ1v) is 6.84. The number of hydrogen-bond donors (Lipinski definition) is 1. The lowest BCUT2D eigenvalue weighted by molar-refractivity contribution is 0.142. The maximum absolute atomic E-state index is 10.9. The molecule has 3 rings (SSSR count). The number of nitrogens with zero attached hydrogens (tertiary/aromatic N) is 4. The smallest absolute Gasteiger partial charge is 0.407 e. The molecule has 21 heavy (non-hydrogen) atoms. The summed E-state index contributed by atoms with van der Waals surface area (Å²) >= 11 is 0. The van der Waals surface area contributed by atoms with Crippen molar-refractivity contribution in [1.29, 1.82) is 0 Å². The van der Waals surface area contributed by atoms with Crippen molar-refractivity contribution in [3.8, 4) is 11.3 Å². The van der Waals surface area contributed by atoms with Crippen LogP contribution in [0.2, 0.25) is 0 Å². The van der Waals surface area contributed by atoms with Gasteiger partial charge in [0, 0.05) is 31.7 Å². The van der Waals surface area contributed by atoms with Gasteiger partial charge in [-0.15, -0.1) is 0 Å². The number of aromatic nitrogens is 2. The molecule has 1 amide bonds. The Morgan fingerprint density at radius 3 is 2.43 bits per heavy atom. The van der Waals surface area contributed by atoms with Crippen molar-refractivity contribution in [3.63, 3.8) is 0 Å².